The van der Waals surface area contributed by atoms with Gasteiger partial charge in [-0.2, -0.15) is 0 Å². The summed E-state index contributed by atoms with van der Waals surface area (Å²) in [7, 11) is 1.65. The van der Waals surface area contributed by atoms with Crippen LogP contribution < -0.4 is 4.74 Å². The summed E-state index contributed by atoms with van der Waals surface area (Å²) in [6.45, 7) is 4.37. The number of amides is 1. The maximum Gasteiger partial charge on any atom is 0.246 e. The fraction of sp³-hybridized carbons (Fsp3) is 0.357. The van der Waals surface area contributed by atoms with E-state index in [9.17, 15) is 4.79 Å². The van der Waals surface area contributed by atoms with E-state index in [2.05, 4.69) is 6.58 Å². The predicted octanol–water partition coefficient (Wildman–Crippen LogP) is 2.54. The van der Waals surface area contributed by atoms with Crippen molar-refractivity contribution in [3.05, 3.63) is 42.5 Å². The highest BCUT2D eigenvalue weighted by Gasteiger charge is 2.28. The van der Waals surface area contributed by atoms with Crippen LogP contribution in [-0.2, 0) is 4.79 Å². The smallest absolute Gasteiger partial charge is 0.246 e. The molecule has 0 N–H and O–H groups in total. The fourth-order valence-corrected chi connectivity index (χ4v) is 2.32. The largest absolute Gasteiger partial charge is 0.497 e. The van der Waals surface area contributed by atoms with Crippen molar-refractivity contribution in [1.82, 2.24) is 4.90 Å². The summed E-state index contributed by atoms with van der Waals surface area (Å²) in [6, 6.07) is 8.11. The summed E-state index contributed by atoms with van der Waals surface area (Å²) < 4.78 is 5.13. The van der Waals surface area contributed by atoms with E-state index in [-0.39, 0.29) is 11.9 Å². The lowest BCUT2D eigenvalue weighted by Gasteiger charge is -2.23. The molecule has 1 amide bonds. The summed E-state index contributed by atoms with van der Waals surface area (Å²) in [6.07, 6.45) is 3.46. The highest BCUT2D eigenvalue weighted by molar-refractivity contribution is 5.87. The Morgan fingerprint density at radius 3 is 2.76 bits per heavy atom. The summed E-state index contributed by atoms with van der Waals surface area (Å²) in [5.74, 6) is 0.858. The summed E-state index contributed by atoms with van der Waals surface area (Å²) in [5, 5.41) is 0. The molecule has 1 heterocycles. The molecule has 0 spiro atoms. The van der Waals surface area contributed by atoms with Crippen molar-refractivity contribution in [2.75, 3.05) is 13.7 Å². The molecule has 0 bridgehead atoms. The molecule has 2 rings (SSSR count). The van der Waals surface area contributed by atoms with Gasteiger partial charge in [-0.3, -0.25) is 4.79 Å². The van der Waals surface area contributed by atoms with Crippen molar-refractivity contribution >= 4 is 5.91 Å². The first-order valence-corrected chi connectivity index (χ1v) is 5.83. The topological polar surface area (TPSA) is 29.5 Å². The summed E-state index contributed by atoms with van der Waals surface area (Å²) >= 11 is 0. The van der Waals surface area contributed by atoms with Gasteiger partial charge in [-0.1, -0.05) is 18.7 Å². The number of benzene rings is 1. The van der Waals surface area contributed by atoms with E-state index in [1.165, 1.54) is 11.6 Å². The van der Waals surface area contributed by atoms with Crippen LogP contribution in [0.25, 0.3) is 0 Å². The molecular weight excluding hydrogens is 214 g/mol. The van der Waals surface area contributed by atoms with Crippen LogP contribution in [0, 0.1) is 0 Å². The van der Waals surface area contributed by atoms with Gasteiger partial charge in [0.25, 0.3) is 0 Å². The number of rotatable bonds is 3. The van der Waals surface area contributed by atoms with Gasteiger partial charge in [-0.05, 0) is 36.6 Å². The molecule has 1 aliphatic heterocycles. The number of carbonyl (C=O) groups is 1. The molecule has 1 aliphatic rings. The maximum atomic E-state index is 11.7. The first kappa shape index (κ1) is 11.7. The Morgan fingerprint density at radius 2 is 2.18 bits per heavy atom. The Hall–Kier alpha value is -1.77. The Kier molecular flexibility index (Phi) is 3.47. The monoisotopic (exact) mass is 231 g/mol. The third-order valence-corrected chi connectivity index (χ3v) is 3.21. The molecule has 1 aromatic rings. The van der Waals surface area contributed by atoms with E-state index in [1.807, 2.05) is 29.2 Å². The zero-order chi connectivity index (χ0) is 12.3. The second-order valence-electron chi connectivity index (χ2n) is 4.17. The van der Waals surface area contributed by atoms with Crippen molar-refractivity contribution in [2.45, 2.75) is 18.9 Å². The lowest BCUT2D eigenvalue weighted by molar-refractivity contribution is -0.126. The van der Waals surface area contributed by atoms with Crippen LogP contribution in [0.4, 0.5) is 0 Å². The minimum absolute atomic E-state index is 0.0170. The first-order valence-electron chi connectivity index (χ1n) is 5.83. The zero-order valence-electron chi connectivity index (χ0n) is 10.1. The van der Waals surface area contributed by atoms with Gasteiger partial charge < -0.3 is 9.64 Å². The molecule has 1 atom stereocenters. The molecule has 0 radical (unpaired) electrons. The Labute approximate surface area is 102 Å². The van der Waals surface area contributed by atoms with E-state index in [0.717, 1.165) is 25.1 Å². The van der Waals surface area contributed by atoms with Crippen LogP contribution in [0.3, 0.4) is 0 Å². The van der Waals surface area contributed by atoms with Gasteiger partial charge in [-0.25, -0.2) is 0 Å². The number of methoxy groups -OCH3 is 1. The van der Waals surface area contributed by atoms with Crippen molar-refractivity contribution in [2.24, 2.45) is 0 Å². The molecule has 3 heteroatoms. The van der Waals surface area contributed by atoms with E-state index < -0.39 is 0 Å². The molecule has 0 saturated carbocycles. The normalized spacial score (nSPS) is 19.1. The molecule has 0 aromatic heterocycles. The van der Waals surface area contributed by atoms with Crippen LogP contribution in [0.1, 0.15) is 24.4 Å². The number of hydrogen-bond acceptors (Lipinski definition) is 2. The van der Waals surface area contributed by atoms with E-state index >= 15 is 0 Å². The van der Waals surface area contributed by atoms with Crippen LogP contribution in [0.15, 0.2) is 36.9 Å². The fourth-order valence-electron chi connectivity index (χ4n) is 2.32. The predicted molar refractivity (Wildman–Crippen MR) is 66.9 cm³/mol. The van der Waals surface area contributed by atoms with Crippen molar-refractivity contribution in [3.8, 4) is 5.75 Å². The third-order valence-electron chi connectivity index (χ3n) is 3.21. The van der Waals surface area contributed by atoms with Crippen molar-refractivity contribution in [3.63, 3.8) is 0 Å². The summed E-state index contributed by atoms with van der Waals surface area (Å²) in [5.41, 5.74) is 1.17. The Balaban J connectivity index is 2.19. The van der Waals surface area contributed by atoms with Crippen molar-refractivity contribution < 1.29 is 9.53 Å². The van der Waals surface area contributed by atoms with Gasteiger partial charge in [0.1, 0.15) is 5.75 Å². The SMILES string of the molecule is C=CC(=O)N1CCC[C@@H]1c1ccc(OC)cc1. The van der Waals surface area contributed by atoms with Gasteiger partial charge in [0.2, 0.25) is 5.91 Å². The Bertz CT molecular complexity index is 411. The standard InChI is InChI=1S/C14H17NO2/c1-3-14(16)15-10-4-5-13(15)11-6-8-12(17-2)9-7-11/h3,6-9,13H,1,4-5,10H2,2H3/t13-/m1/s1. The second-order valence-corrected chi connectivity index (χ2v) is 4.17. The van der Waals surface area contributed by atoms with Gasteiger partial charge >= 0.3 is 0 Å². The first-order chi connectivity index (χ1) is 8.26. The lowest BCUT2D eigenvalue weighted by atomic mass is 10.0. The molecule has 3 nitrogen and oxygen atoms in total. The molecule has 1 saturated heterocycles. The molecule has 1 fully saturated rings. The second kappa shape index (κ2) is 5.04. The zero-order valence-corrected chi connectivity index (χ0v) is 10.1. The quantitative estimate of drug-likeness (QED) is 0.748. The number of likely N-dealkylation sites (tertiary alicyclic amines) is 1. The average molecular weight is 231 g/mol. The van der Waals surface area contributed by atoms with Gasteiger partial charge in [0.15, 0.2) is 0 Å². The summed E-state index contributed by atoms with van der Waals surface area (Å²) in [4.78, 5) is 13.6. The number of nitrogens with zero attached hydrogens (tertiary/aromatic N) is 1. The van der Waals surface area contributed by atoms with Crippen molar-refractivity contribution in [1.29, 1.82) is 0 Å². The molecule has 0 aliphatic carbocycles. The molecule has 0 unspecified atom stereocenters. The Morgan fingerprint density at radius 1 is 1.47 bits per heavy atom. The van der Waals surface area contributed by atoms with Gasteiger partial charge in [0, 0.05) is 6.54 Å². The maximum absolute atomic E-state index is 11.7. The van der Waals surface area contributed by atoms with Gasteiger partial charge in [-0.15, -0.1) is 0 Å². The molecule has 17 heavy (non-hydrogen) atoms. The van der Waals surface area contributed by atoms with Crippen LogP contribution >= 0.6 is 0 Å². The van der Waals surface area contributed by atoms with E-state index in [4.69, 9.17) is 4.74 Å². The van der Waals surface area contributed by atoms with Gasteiger partial charge in [0.05, 0.1) is 13.2 Å². The number of carbonyl (C=O) groups excluding carboxylic acids is 1. The minimum atomic E-state index is 0.0170. The minimum Gasteiger partial charge on any atom is -0.497 e. The third kappa shape index (κ3) is 2.33. The molecular formula is C14H17NO2. The lowest BCUT2D eigenvalue weighted by Crippen LogP contribution is -2.28. The molecule has 90 valence electrons. The highest BCUT2D eigenvalue weighted by Crippen LogP contribution is 2.32. The van der Waals surface area contributed by atoms with E-state index in [1.54, 1.807) is 7.11 Å². The average Bonchev–Trinajstić information content (AvgIpc) is 2.87. The van der Waals surface area contributed by atoms with E-state index in [0.29, 0.717) is 0 Å². The number of hydrogen-bond donors (Lipinski definition) is 0. The highest BCUT2D eigenvalue weighted by atomic mass is 16.5. The number of ether oxygens (including phenoxy) is 1. The van der Waals surface area contributed by atoms with Crippen LogP contribution in [0.5, 0.6) is 5.75 Å². The van der Waals surface area contributed by atoms with Crippen LogP contribution in [-0.4, -0.2) is 24.5 Å². The molecule has 1 aromatic carbocycles. The van der Waals surface area contributed by atoms with Crippen LogP contribution in [0.2, 0.25) is 0 Å².